The van der Waals surface area contributed by atoms with E-state index in [1.165, 1.54) is 11.3 Å². The third-order valence-electron chi connectivity index (χ3n) is 2.39. The molecule has 1 atom stereocenters. The van der Waals surface area contributed by atoms with E-state index in [-0.39, 0.29) is 5.78 Å². The van der Waals surface area contributed by atoms with Crippen molar-refractivity contribution in [3.63, 3.8) is 0 Å². The van der Waals surface area contributed by atoms with Crippen molar-refractivity contribution < 1.29 is 4.79 Å². The van der Waals surface area contributed by atoms with Crippen molar-refractivity contribution >= 4 is 44.7 Å². The van der Waals surface area contributed by atoms with E-state index >= 15 is 0 Å². The smallest absolute Gasteiger partial charge is 0.194 e. The molecule has 1 aromatic heterocycles. The van der Waals surface area contributed by atoms with Gasteiger partial charge in [-0.3, -0.25) is 4.79 Å². The minimum atomic E-state index is -0.811. The number of halogens is 2. The molecule has 0 saturated heterocycles. The van der Waals surface area contributed by atoms with Crippen molar-refractivity contribution in [1.82, 2.24) is 0 Å². The van der Waals surface area contributed by atoms with Gasteiger partial charge in [-0.25, -0.2) is 0 Å². The van der Waals surface area contributed by atoms with Crippen LogP contribution in [0.2, 0.25) is 5.02 Å². The molecule has 1 unspecified atom stereocenters. The molecular weight excluding hydrogens is 334 g/mol. The first-order chi connectivity index (χ1) is 8.61. The van der Waals surface area contributed by atoms with Gasteiger partial charge in [0.05, 0.1) is 14.7 Å². The molecule has 0 amide bonds. The van der Waals surface area contributed by atoms with Crippen molar-refractivity contribution in [2.24, 2.45) is 0 Å². The van der Waals surface area contributed by atoms with Gasteiger partial charge < -0.3 is 0 Å². The maximum absolute atomic E-state index is 12.2. The van der Waals surface area contributed by atoms with Crippen LogP contribution in [-0.4, -0.2) is 5.78 Å². The first kappa shape index (κ1) is 13.3. The van der Waals surface area contributed by atoms with Crippen LogP contribution in [0.3, 0.4) is 0 Å². The number of Topliss-reactive ketones (excluding diaryl/α,β-unsaturated/α-hetero) is 1. The monoisotopic (exact) mass is 339 g/mol. The Hall–Kier alpha value is -1.15. The Kier molecular flexibility index (Phi) is 4.18. The molecule has 1 heterocycles. The molecule has 2 rings (SSSR count). The molecule has 0 saturated carbocycles. The van der Waals surface area contributed by atoms with Gasteiger partial charge in [-0.2, -0.15) is 5.26 Å². The average Bonchev–Trinajstić information content (AvgIpc) is 2.77. The SMILES string of the molecule is N#CC(C(=O)c1ccc(Br)s1)c1cccc(Cl)c1. The van der Waals surface area contributed by atoms with E-state index in [4.69, 9.17) is 11.6 Å². The second kappa shape index (κ2) is 5.66. The first-order valence-electron chi connectivity index (χ1n) is 5.06. The molecule has 0 aliphatic heterocycles. The van der Waals surface area contributed by atoms with Gasteiger partial charge in [0.15, 0.2) is 5.78 Å². The molecule has 0 aliphatic rings. The summed E-state index contributed by atoms with van der Waals surface area (Å²) in [6.07, 6.45) is 0. The van der Waals surface area contributed by atoms with Crippen LogP contribution in [-0.2, 0) is 0 Å². The Bertz CT molecular complexity index is 632. The van der Waals surface area contributed by atoms with Gasteiger partial charge in [-0.05, 0) is 45.8 Å². The second-order valence-electron chi connectivity index (χ2n) is 3.59. The molecule has 2 aromatic rings. The van der Waals surface area contributed by atoms with E-state index in [9.17, 15) is 10.1 Å². The molecule has 18 heavy (non-hydrogen) atoms. The highest BCUT2D eigenvalue weighted by molar-refractivity contribution is 9.11. The summed E-state index contributed by atoms with van der Waals surface area (Å²) >= 11 is 10.5. The van der Waals surface area contributed by atoms with Gasteiger partial charge >= 0.3 is 0 Å². The van der Waals surface area contributed by atoms with Crippen LogP contribution in [0, 0.1) is 11.3 Å². The zero-order valence-electron chi connectivity index (χ0n) is 9.06. The third-order valence-corrected chi connectivity index (χ3v) is 4.26. The maximum atomic E-state index is 12.2. The zero-order chi connectivity index (χ0) is 13.1. The van der Waals surface area contributed by atoms with Crippen LogP contribution in [0.15, 0.2) is 40.2 Å². The number of carbonyl (C=O) groups excluding carboxylic acids is 1. The summed E-state index contributed by atoms with van der Waals surface area (Å²) in [4.78, 5) is 12.8. The lowest BCUT2D eigenvalue weighted by Crippen LogP contribution is -2.09. The quantitative estimate of drug-likeness (QED) is 0.763. The third kappa shape index (κ3) is 2.81. The number of ketones is 1. The van der Waals surface area contributed by atoms with E-state index in [1.54, 1.807) is 36.4 Å². The van der Waals surface area contributed by atoms with Gasteiger partial charge in [-0.1, -0.05) is 23.7 Å². The minimum Gasteiger partial charge on any atom is -0.291 e. The molecule has 1 aromatic carbocycles. The standard InChI is InChI=1S/C13H7BrClNOS/c14-12-5-4-11(18-12)13(17)10(7-16)8-2-1-3-9(15)6-8/h1-6,10H. The van der Waals surface area contributed by atoms with Crippen LogP contribution in [0.1, 0.15) is 21.2 Å². The lowest BCUT2D eigenvalue weighted by molar-refractivity contribution is 0.0983. The number of hydrogen-bond acceptors (Lipinski definition) is 3. The molecule has 0 bridgehead atoms. The lowest BCUT2D eigenvalue weighted by atomic mass is 9.95. The normalized spacial score (nSPS) is 11.8. The summed E-state index contributed by atoms with van der Waals surface area (Å²) < 4.78 is 0.869. The van der Waals surface area contributed by atoms with Crippen LogP contribution in [0.5, 0.6) is 0 Å². The Morgan fingerprint density at radius 1 is 1.39 bits per heavy atom. The highest BCUT2D eigenvalue weighted by atomic mass is 79.9. The molecule has 2 nitrogen and oxygen atoms in total. The Labute approximate surface area is 122 Å². The van der Waals surface area contributed by atoms with E-state index in [0.717, 1.165) is 3.79 Å². The van der Waals surface area contributed by atoms with Gasteiger partial charge in [0.2, 0.25) is 0 Å². The van der Waals surface area contributed by atoms with Crippen LogP contribution in [0.4, 0.5) is 0 Å². The average molecular weight is 341 g/mol. The predicted molar refractivity (Wildman–Crippen MR) is 76.2 cm³/mol. The number of thiophene rings is 1. The Morgan fingerprint density at radius 2 is 2.17 bits per heavy atom. The molecule has 0 spiro atoms. The number of rotatable bonds is 3. The zero-order valence-corrected chi connectivity index (χ0v) is 12.2. The van der Waals surface area contributed by atoms with Crippen LogP contribution in [0.25, 0.3) is 0 Å². The molecular formula is C13H7BrClNOS. The summed E-state index contributed by atoms with van der Waals surface area (Å²) in [6.45, 7) is 0. The van der Waals surface area contributed by atoms with Crippen LogP contribution < -0.4 is 0 Å². The van der Waals surface area contributed by atoms with Crippen LogP contribution >= 0.6 is 38.9 Å². The van der Waals surface area contributed by atoms with Crippen molar-refractivity contribution in [1.29, 1.82) is 5.26 Å². The number of nitriles is 1. The van der Waals surface area contributed by atoms with Crippen molar-refractivity contribution in [2.45, 2.75) is 5.92 Å². The van der Waals surface area contributed by atoms with Crippen molar-refractivity contribution in [3.05, 3.63) is 55.6 Å². The minimum absolute atomic E-state index is 0.199. The summed E-state index contributed by atoms with van der Waals surface area (Å²) in [5.74, 6) is -1.01. The number of benzene rings is 1. The highest BCUT2D eigenvalue weighted by Gasteiger charge is 2.23. The summed E-state index contributed by atoms with van der Waals surface area (Å²) in [5, 5.41) is 9.71. The number of hydrogen-bond donors (Lipinski definition) is 0. The van der Waals surface area contributed by atoms with E-state index < -0.39 is 5.92 Å². The summed E-state index contributed by atoms with van der Waals surface area (Å²) in [6, 6.07) is 12.4. The molecule has 0 radical (unpaired) electrons. The highest BCUT2D eigenvalue weighted by Crippen LogP contribution is 2.28. The second-order valence-corrected chi connectivity index (χ2v) is 6.48. The van der Waals surface area contributed by atoms with E-state index in [0.29, 0.717) is 15.5 Å². The molecule has 0 fully saturated rings. The van der Waals surface area contributed by atoms with Gasteiger partial charge in [-0.15, -0.1) is 11.3 Å². The Balaban J connectivity index is 2.35. The van der Waals surface area contributed by atoms with Crippen molar-refractivity contribution in [3.8, 4) is 6.07 Å². The summed E-state index contributed by atoms with van der Waals surface area (Å²) in [7, 11) is 0. The van der Waals surface area contributed by atoms with Gasteiger partial charge in [0.1, 0.15) is 5.92 Å². The molecule has 0 N–H and O–H groups in total. The van der Waals surface area contributed by atoms with Gasteiger partial charge in [0, 0.05) is 5.02 Å². The topological polar surface area (TPSA) is 40.9 Å². The Morgan fingerprint density at radius 3 is 2.72 bits per heavy atom. The van der Waals surface area contributed by atoms with Crippen molar-refractivity contribution in [2.75, 3.05) is 0 Å². The first-order valence-corrected chi connectivity index (χ1v) is 7.05. The molecule has 0 aliphatic carbocycles. The fraction of sp³-hybridized carbons (Fsp3) is 0.0769. The lowest BCUT2D eigenvalue weighted by Gasteiger charge is -2.07. The molecule has 90 valence electrons. The maximum Gasteiger partial charge on any atom is 0.194 e. The van der Waals surface area contributed by atoms with Gasteiger partial charge in [0.25, 0.3) is 0 Å². The fourth-order valence-electron chi connectivity index (χ4n) is 1.56. The van der Waals surface area contributed by atoms with E-state index in [2.05, 4.69) is 15.9 Å². The number of carbonyl (C=O) groups is 1. The number of nitrogens with zero attached hydrogens (tertiary/aromatic N) is 1. The van der Waals surface area contributed by atoms with E-state index in [1.807, 2.05) is 6.07 Å². The largest absolute Gasteiger partial charge is 0.291 e. The summed E-state index contributed by atoms with van der Waals surface area (Å²) in [5.41, 5.74) is 0.625. The molecule has 5 heteroatoms. The predicted octanol–water partition coefficient (Wildman–Crippen LogP) is 4.65. The fourth-order valence-corrected chi connectivity index (χ4v) is 3.11.